The minimum atomic E-state index is -1.54. The lowest BCUT2D eigenvalue weighted by Gasteiger charge is -2.28. The van der Waals surface area contributed by atoms with Crippen LogP contribution in [0.5, 0.6) is 5.75 Å². The average molecular weight is 897 g/mol. The number of carbonyl (C=O) groups excluding carboxylic acids is 8. The Morgan fingerprint density at radius 3 is 1.53 bits per heavy atom. The molecule has 62 heavy (non-hydrogen) atoms. The van der Waals surface area contributed by atoms with Crippen molar-refractivity contribution in [1.82, 2.24) is 31.9 Å². The molecule has 7 atom stereocenters. The summed E-state index contributed by atoms with van der Waals surface area (Å²) in [7, 11) is 0. The van der Waals surface area contributed by atoms with Gasteiger partial charge in [0.05, 0.1) is 6.61 Å². The number of aliphatic carboxylic acids is 1. The quantitative estimate of drug-likeness (QED) is 0.0155. The van der Waals surface area contributed by atoms with E-state index in [2.05, 4.69) is 49.5 Å². The number of carbonyl (C=O) groups is 9. The Balaban J connectivity index is 3.49. The number of thiol groups is 1. The number of carboxylic acid groups (broad SMARTS) is 1. The molecule has 0 aromatic heterocycles. The summed E-state index contributed by atoms with van der Waals surface area (Å²) in [6, 6.07) is -4.55. The fraction of sp³-hybridized carbons (Fsp3) is 0.568. The van der Waals surface area contributed by atoms with Crippen molar-refractivity contribution in [1.29, 1.82) is 0 Å². The Morgan fingerprint density at radius 1 is 0.645 bits per heavy atom. The number of nitrogens with zero attached hydrogens (tertiary/aromatic N) is 1. The highest BCUT2D eigenvalue weighted by atomic mass is 32.1. The zero-order chi connectivity index (χ0) is 47.1. The average Bonchev–Trinajstić information content (AvgIpc) is 3.19. The van der Waals surface area contributed by atoms with Crippen LogP contribution in [0, 0.1) is 5.92 Å². The number of nitrogens with two attached hydrogens (primary N) is 5. The normalized spacial score (nSPS) is 14.3. The minimum Gasteiger partial charge on any atom is -0.508 e. The fourth-order valence-corrected chi connectivity index (χ4v) is 5.83. The van der Waals surface area contributed by atoms with Gasteiger partial charge in [-0.25, -0.2) is 4.79 Å². The largest absolute Gasteiger partial charge is 0.508 e. The predicted molar refractivity (Wildman–Crippen MR) is 226 cm³/mol. The van der Waals surface area contributed by atoms with E-state index in [1.165, 1.54) is 24.3 Å². The van der Waals surface area contributed by atoms with Crippen LogP contribution in [0.25, 0.3) is 0 Å². The van der Waals surface area contributed by atoms with Gasteiger partial charge in [0, 0.05) is 31.6 Å². The maximum absolute atomic E-state index is 14.0. The molecule has 0 aliphatic carbocycles. The number of guanidine groups is 1. The number of nitrogens with one attached hydrogen (secondary N) is 6. The Bertz CT molecular complexity index is 1750. The number of hydrogen-bond donors (Lipinski definition) is 15. The Labute approximate surface area is 363 Å². The first kappa shape index (κ1) is 53.8. The fourth-order valence-electron chi connectivity index (χ4n) is 5.57. The van der Waals surface area contributed by atoms with Gasteiger partial charge < -0.3 is 75.9 Å². The van der Waals surface area contributed by atoms with Gasteiger partial charge in [0.1, 0.15) is 48.0 Å². The molecule has 0 aliphatic heterocycles. The first-order chi connectivity index (χ1) is 29.1. The van der Waals surface area contributed by atoms with Crippen LogP contribution in [0.2, 0.25) is 0 Å². The van der Waals surface area contributed by atoms with E-state index in [1.54, 1.807) is 13.8 Å². The van der Waals surface area contributed by atoms with Crippen LogP contribution >= 0.6 is 12.6 Å². The number of benzene rings is 1. The maximum Gasteiger partial charge on any atom is 0.326 e. The van der Waals surface area contributed by atoms with E-state index in [-0.39, 0.29) is 68.4 Å². The van der Waals surface area contributed by atoms with Gasteiger partial charge in [0.25, 0.3) is 0 Å². The number of aromatic hydroxyl groups is 1. The van der Waals surface area contributed by atoms with Gasteiger partial charge in [-0.05, 0) is 55.7 Å². The van der Waals surface area contributed by atoms with E-state index in [0.29, 0.717) is 5.56 Å². The summed E-state index contributed by atoms with van der Waals surface area (Å²) < 4.78 is 0. The minimum absolute atomic E-state index is 0.0284. The van der Waals surface area contributed by atoms with Crippen LogP contribution < -0.4 is 60.6 Å². The van der Waals surface area contributed by atoms with Gasteiger partial charge >= 0.3 is 5.97 Å². The van der Waals surface area contributed by atoms with E-state index in [0.717, 1.165) is 0 Å². The lowest BCUT2D eigenvalue weighted by atomic mass is 9.99. The van der Waals surface area contributed by atoms with Crippen molar-refractivity contribution in [3.8, 4) is 5.75 Å². The lowest BCUT2D eigenvalue weighted by Crippen LogP contribution is -2.60. The van der Waals surface area contributed by atoms with Crippen molar-refractivity contribution >= 4 is 71.8 Å². The molecular formula is C37H60N12O12S. The summed E-state index contributed by atoms with van der Waals surface area (Å²) in [6.45, 7) is 2.78. The molecule has 0 fully saturated rings. The van der Waals surface area contributed by atoms with Crippen LogP contribution in [0.1, 0.15) is 64.4 Å². The van der Waals surface area contributed by atoms with Crippen molar-refractivity contribution in [3.05, 3.63) is 29.8 Å². The number of amides is 8. The molecule has 346 valence electrons. The van der Waals surface area contributed by atoms with Crippen LogP contribution in [0.15, 0.2) is 29.3 Å². The number of aliphatic imine (C=N–C) groups is 1. The molecule has 19 N–H and O–H groups in total. The van der Waals surface area contributed by atoms with Crippen molar-refractivity contribution in [2.45, 2.75) is 108 Å². The first-order valence-electron chi connectivity index (χ1n) is 19.5. The maximum atomic E-state index is 14.0. The molecular weight excluding hydrogens is 837 g/mol. The van der Waals surface area contributed by atoms with E-state index >= 15 is 0 Å². The molecule has 0 unspecified atom stereocenters. The van der Waals surface area contributed by atoms with E-state index < -0.39 is 115 Å². The monoisotopic (exact) mass is 896 g/mol. The van der Waals surface area contributed by atoms with Crippen LogP contribution in [0.3, 0.4) is 0 Å². The highest BCUT2D eigenvalue weighted by Crippen LogP contribution is 2.14. The molecule has 1 aromatic carbocycles. The van der Waals surface area contributed by atoms with E-state index in [9.17, 15) is 58.5 Å². The number of carboxylic acids is 1. The van der Waals surface area contributed by atoms with Crippen LogP contribution in [-0.2, 0) is 49.6 Å². The molecule has 1 aromatic rings. The third-order valence-electron chi connectivity index (χ3n) is 8.88. The second-order valence-electron chi connectivity index (χ2n) is 14.6. The van der Waals surface area contributed by atoms with Gasteiger partial charge in [0.15, 0.2) is 5.96 Å². The molecule has 0 radical (unpaired) electrons. The standard InChI is InChI=1S/C37H60N12O12S/c1-18(2)14-25(47-32(56)23(10-12-29(40)53)45-35(59)27(17-62)49-30(54)21(38)16-50)33(57)48-26(15-19-5-7-20(51)8-6-19)34(58)44-22(9-11-28(39)52)31(55)46-24(36(60)61)4-3-13-43-37(41)42/h5-8,18,21-27,50-51,62H,3-4,9-17,38H2,1-2H3,(H2,39,52)(H2,40,53)(H,44,58)(H,45,59)(H,46,55)(H,47,56)(H,48,57)(H,49,54)(H,60,61)(H4,41,42,43)/t21-,22-,23-,24-,25-,26-,27-/m0/s1. The SMILES string of the molecule is CC(C)C[C@H](NC(=O)[C@H](CCC(N)=O)NC(=O)[C@H](CS)NC(=O)[C@@H](N)CO)C(=O)N[C@@H](Cc1ccc(O)cc1)C(=O)N[C@@H](CCC(N)=O)C(=O)N[C@@H](CCCN=C(N)N)C(=O)O. The van der Waals surface area contributed by atoms with Gasteiger partial charge in [-0.2, -0.15) is 12.6 Å². The third-order valence-corrected chi connectivity index (χ3v) is 9.25. The summed E-state index contributed by atoms with van der Waals surface area (Å²) in [5, 5.41) is 43.4. The highest BCUT2D eigenvalue weighted by molar-refractivity contribution is 7.80. The molecule has 0 aliphatic rings. The number of phenolic OH excluding ortho intramolecular Hbond substituents is 1. The molecule has 25 heteroatoms. The molecule has 1 rings (SSSR count). The smallest absolute Gasteiger partial charge is 0.326 e. The second-order valence-corrected chi connectivity index (χ2v) is 15.0. The molecule has 0 saturated carbocycles. The molecule has 0 saturated heterocycles. The van der Waals surface area contributed by atoms with Crippen LogP contribution in [-0.4, -0.2) is 136 Å². The highest BCUT2D eigenvalue weighted by Gasteiger charge is 2.34. The third kappa shape index (κ3) is 20.9. The van der Waals surface area contributed by atoms with Gasteiger partial charge in [-0.15, -0.1) is 0 Å². The van der Waals surface area contributed by atoms with E-state index in [4.69, 9.17) is 28.7 Å². The Hall–Kier alpha value is -6.21. The molecule has 0 bridgehead atoms. The van der Waals surface area contributed by atoms with Crippen LogP contribution in [0.4, 0.5) is 0 Å². The summed E-state index contributed by atoms with van der Waals surface area (Å²) in [6.07, 6.45) is -1.76. The molecule has 24 nitrogen and oxygen atoms in total. The number of rotatable bonds is 29. The lowest BCUT2D eigenvalue weighted by molar-refractivity contribution is -0.142. The second kappa shape index (κ2) is 27.6. The Morgan fingerprint density at radius 2 is 1.08 bits per heavy atom. The molecule has 0 heterocycles. The van der Waals surface area contributed by atoms with Crippen molar-refractivity contribution in [2.75, 3.05) is 18.9 Å². The number of hydrogen-bond acceptors (Lipinski definition) is 14. The number of aliphatic hydroxyl groups is 1. The number of phenols is 1. The molecule has 8 amide bonds. The van der Waals surface area contributed by atoms with Gasteiger partial charge in [-0.1, -0.05) is 26.0 Å². The van der Waals surface area contributed by atoms with Crippen molar-refractivity contribution < 1.29 is 58.5 Å². The summed E-state index contributed by atoms with van der Waals surface area (Å²) in [4.78, 5) is 120. The number of primary amides is 2. The summed E-state index contributed by atoms with van der Waals surface area (Å²) in [5.74, 6) is -9.58. The zero-order valence-corrected chi connectivity index (χ0v) is 35.4. The first-order valence-corrected chi connectivity index (χ1v) is 20.1. The predicted octanol–water partition coefficient (Wildman–Crippen LogP) is -5.19. The van der Waals surface area contributed by atoms with Gasteiger partial charge in [-0.3, -0.25) is 43.3 Å². The zero-order valence-electron chi connectivity index (χ0n) is 34.5. The van der Waals surface area contributed by atoms with E-state index in [1.807, 2.05) is 0 Å². The summed E-state index contributed by atoms with van der Waals surface area (Å²) in [5.41, 5.74) is 27.2. The van der Waals surface area contributed by atoms with Crippen molar-refractivity contribution in [3.63, 3.8) is 0 Å². The van der Waals surface area contributed by atoms with Gasteiger partial charge in [0.2, 0.25) is 47.3 Å². The molecule has 0 spiro atoms. The Kier molecular flexibility index (Phi) is 24.0. The topological polar surface area (TPSA) is 429 Å². The number of aliphatic hydroxyl groups excluding tert-OH is 1. The summed E-state index contributed by atoms with van der Waals surface area (Å²) >= 11 is 4.06. The van der Waals surface area contributed by atoms with Crippen molar-refractivity contribution in [2.24, 2.45) is 39.6 Å².